The van der Waals surface area contributed by atoms with Crippen LogP contribution in [-0.2, 0) is 0 Å². The van der Waals surface area contributed by atoms with E-state index in [1.165, 1.54) is 6.33 Å². The van der Waals surface area contributed by atoms with E-state index < -0.39 is 5.60 Å². The molecule has 0 bridgehead atoms. The monoisotopic (exact) mass is 402 g/mol. The van der Waals surface area contributed by atoms with Gasteiger partial charge in [0.25, 0.3) is 5.91 Å². The first-order valence-corrected chi connectivity index (χ1v) is 9.95. The zero-order chi connectivity index (χ0) is 20.7. The van der Waals surface area contributed by atoms with E-state index >= 15 is 0 Å². The van der Waals surface area contributed by atoms with E-state index in [4.69, 9.17) is 0 Å². The Bertz CT molecular complexity index is 1180. The summed E-state index contributed by atoms with van der Waals surface area (Å²) in [4.78, 5) is 23.4. The number of hydrogen-bond donors (Lipinski definition) is 2. The molecule has 0 atom stereocenters. The first-order valence-electron chi connectivity index (χ1n) is 9.95. The maximum atomic E-state index is 12.9. The van der Waals surface area contributed by atoms with Crippen molar-refractivity contribution in [1.29, 1.82) is 0 Å². The summed E-state index contributed by atoms with van der Waals surface area (Å²) in [5, 5.41) is 17.7. The molecule has 3 aromatic heterocycles. The first kappa shape index (κ1) is 18.5. The molecule has 1 amide bonds. The molecule has 5 rings (SSSR count). The normalized spacial score (nSPS) is 16.1. The Morgan fingerprint density at radius 2 is 1.90 bits per heavy atom. The molecule has 0 aliphatic carbocycles. The third-order valence-electron chi connectivity index (χ3n) is 5.74. The topological polar surface area (TPSA) is 99.9 Å². The number of aliphatic hydroxyl groups is 1. The number of benzene rings is 1. The highest BCUT2D eigenvalue weighted by molar-refractivity contribution is 5.97. The lowest BCUT2D eigenvalue weighted by Gasteiger charge is -2.35. The van der Waals surface area contributed by atoms with Crippen LogP contribution in [0.15, 0.2) is 55.1 Å². The number of H-pyrrole nitrogens is 1. The smallest absolute Gasteiger partial charge is 0.255 e. The van der Waals surface area contributed by atoms with Crippen LogP contribution in [-0.4, -0.2) is 59.3 Å². The van der Waals surface area contributed by atoms with Crippen molar-refractivity contribution in [3.05, 3.63) is 60.7 Å². The second-order valence-electron chi connectivity index (χ2n) is 7.99. The molecule has 2 N–H and O–H groups in total. The molecule has 8 nitrogen and oxygen atoms in total. The van der Waals surface area contributed by atoms with E-state index in [1.54, 1.807) is 11.1 Å². The van der Waals surface area contributed by atoms with Crippen molar-refractivity contribution in [3.8, 4) is 17.1 Å². The highest BCUT2D eigenvalue weighted by Gasteiger charge is 2.30. The Morgan fingerprint density at radius 3 is 2.60 bits per heavy atom. The third-order valence-corrected chi connectivity index (χ3v) is 5.74. The van der Waals surface area contributed by atoms with Crippen LogP contribution in [0.4, 0.5) is 0 Å². The van der Waals surface area contributed by atoms with Crippen molar-refractivity contribution >= 4 is 16.9 Å². The molecule has 30 heavy (non-hydrogen) atoms. The summed E-state index contributed by atoms with van der Waals surface area (Å²) in [6, 6.07) is 11.8. The predicted octanol–water partition coefficient (Wildman–Crippen LogP) is 2.80. The molecule has 1 fully saturated rings. The fourth-order valence-corrected chi connectivity index (χ4v) is 3.85. The summed E-state index contributed by atoms with van der Waals surface area (Å²) < 4.78 is 1.99. The second-order valence-corrected chi connectivity index (χ2v) is 7.99. The number of carbonyl (C=O) groups is 1. The fraction of sp³-hybridized carbons (Fsp3) is 0.273. The van der Waals surface area contributed by atoms with Gasteiger partial charge in [0.05, 0.1) is 11.2 Å². The van der Waals surface area contributed by atoms with Crippen LogP contribution < -0.4 is 0 Å². The third kappa shape index (κ3) is 3.35. The molecule has 1 aliphatic heterocycles. The van der Waals surface area contributed by atoms with Crippen molar-refractivity contribution in [1.82, 2.24) is 29.6 Å². The van der Waals surface area contributed by atoms with Gasteiger partial charge in [-0.3, -0.25) is 9.89 Å². The standard InChI is InChI=1S/C22H22N6O2/c1-22(30)7-10-27(11-8-22)21(29)17-12-16-6-9-28(20(16)23-13-17)18-4-2-15(3-5-18)19-24-14-25-26-19/h2-6,9,12-14,30H,7-8,10-11H2,1H3,(H,24,25,26). The van der Waals surface area contributed by atoms with Crippen LogP contribution in [0, 0.1) is 0 Å². The Balaban J connectivity index is 1.39. The average molecular weight is 402 g/mol. The number of amides is 1. The van der Waals surface area contributed by atoms with E-state index in [2.05, 4.69) is 20.2 Å². The number of hydrogen-bond acceptors (Lipinski definition) is 5. The Morgan fingerprint density at radius 1 is 1.13 bits per heavy atom. The summed E-state index contributed by atoms with van der Waals surface area (Å²) in [5.41, 5.74) is 2.61. The summed E-state index contributed by atoms with van der Waals surface area (Å²) in [6.07, 6.45) is 6.26. The number of nitrogens with one attached hydrogen (secondary N) is 1. The summed E-state index contributed by atoms with van der Waals surface area (Å²) in [5.74, 6) is 0.684. The van der Waals surface area contributed by atoms with Gasteiger partial charge in [-0.1, -0.05) is 0 Å². The van der Waals surface area contributed by atoms with Crippen molar-refractivity contribution < 1.29 is 9.90 Å². The van der Waals surface area contributed by atoms with Crippen molar-refractivity contribution in [2.24, 2.45) is 0 Å². The van der Waals surface area contributed by atoms with E-state index in [1.807, 2.05) is 54.1 Å². The number of fused-ring (bicyclic) bond motifs is 1. The largest absolute Gasteiger partial charge is 0.390 e. The highest BCUT2D eigenvalue weighted by atomic mass is 16.3. The van der Waals surface area contributed by atoms with Crippen LogP contribution in [0.1, 0.15) is 30.1 Å². The fourth-order valence-electron chi connectivity index (χ4n) is 3.85. The van der Waals surface area contributed by atoms with E-state index in [-0.39, 0.29) is 5.91 Å². The number of aromatic amines is 1. The summed E-state index contributed by atoms with van der Waals surface area (Å²) >= 11 is 0. The van der Waals surface area contributed by atoms with E-state index in [0.29, 0.717) is 31.5 Å². The van der Waals surface area contributed by atoms with E-state index in [0.717, 1.165) is 28.1 Å². The maximum absolute atomic E-state index is 12.9. The molecular formula is C22H22N6O2. The van der Waals surface area contributed by atoms with Gasteiger partial charge in [-0.15, -0.1) is 0 Å². The molecule has 4 aromatic rings. The van der Waals surface area contributed by atoms with Gasteiger partial charge in [-0.05, 0) is 56.2 Å². The van der Waals surface area contributed by atoms with Gasteiger partial charge in [0.1, 0.15) is 12.0 Å². The van der Waals surface area contributed by atoms with Crippen molar-refractivity contribution in [3.63, 3.8) is 0 Å². The van der Waals surface area contributed by atoms with Gasteiger partial charge in [0, 0.05) is 42.1 Å². The molecule has 4 heterocycles. The van der Waals surface area contributed by atoms with Crippen LogP contribution in [0.3, 0.4) is 0 Å². The quantitative estimate of drug-likeness (QED) is 0.549. The van der Waals surface area contributed by atoms with E-state index in [9.17, 15) is 9.90 Å². The van der Waals surface area contributed by atoms with Gasteiger partial charge < -0.3 is 14.6 Å². The zero-order valence-corrected chi connectivity index (χ0v) is 16.6. The van der Waals surface area contributed by atoms with Crippen LogP contribution in [0.25, 0.3) is 28.1 Å². The van der Waals surface area contributed by atoms with Crippen LogP contribution in [0.5, 0.6) is 0 Å². The highest BCUT2D eigenvalue weighted by Crippen LogP contribution is 2.25. The molecular weight excluding hydrogens is 380 g/mol. The second kappa shape index (κ2) is 7.07. The minimum absolute atomic E-state index is 0.0379. The SMILES string of the molecule is CC1(O)CCN(C(=O)c2cnc3c(ccn3-c3ccc(-c4ncn[nH]4)cc3)c2)CC1. The minimum atomic E-state index is -0.681. The molecule has 0 spiro atoms. The number of rotatable bonds is 3. The number of piperidine rings is 1. The molecule has 1 aromatic carbocycles. The van der Waals surface area contributed by atoms with Gasteiger partial charge >= 0.3 is 0 Å². The predicted molar refractivity (Wildman–Crippen MR) is 112 cm³/mol. The van der Waals surface area contributed by atoms with Gasteiger partial charge in [-0.25, -0.2) is 9.97 Å². The van der Waals surface area contributed by atoms with Gasteiger partial charge in [0.2, 0.25) is 0 Å². The summed E-state index contributed by atoms with van der Waals surface area (Å²) in [7, 11) is 0. The lowest BCUT2D eigenvalue weighted by atomic mass is 9.93. The number of likely N-dealkylation sites (tertiary alicyclic amines) is 1. The molecule has 1 saturated heterocycles. The van der Waals surface area contributed by atoms with Crippen molar-refractivity contribution in [2.75, 3.05) is 13.1 Å². The van der Waals surface area contributed by atoms with Gasteiger partial charge in [0.15, 0.2) is 5.82 Å². The minimum Gasteiger partial charge on any atom is -0.390 e. The molecule has 1 aliphatic rings. The Kier molecular flexibility index (Phi) is 4.36. The average Bonchev–Trinajstić information content (AvgIpc) is 3.43. The molecule has 0 unspecified atom stereocenters. The Hall–Kier alpha value is -3.52. The number of nitrogens with zero attached hydrogens (tertiary/aromatic N) is 5. The number of pyridine rings is 1. The maximum Gasteiger partial charge on any atom is 0.255 e. The first-order chi connectivity index (χ1) is 14.5. The molecule has 8 heteroatoms. The Labute approximate surface area is 173 Å². The lowest BCUT2D eigenvalue weighted by Crippen LogP contribution is -2.45. The summed E-state index contributed by atoms with van der Waals surface area (Å²) in [6.45, 7) is 2.94. The number of carbonyl (C=O) groups excluding carboxylic acids is 1. The lowest BCUT2D eigenvalue weighted by molar-refractivity contribution is -0.00203. The van der Waals surface area contributed by atoms with Gasteiger partial charge in [-0.2, -0.15) is 5.10 Å². The molecule has 152 valence electrons. The number of aromatic nitrogens is 5. The molecule has 0 radical (unpaired) electrons. The zero-order valence-electron chi connectivity index (χ0n) is 16.6. The van der Waals surface area contributed by atoms with Crippen LogP contribution >= 0.6 is 0 Å². The van der Waals surface area contributed by atoms with Crippen LogP contribution in [0.2, 0.25) is 0 Å². The molecule has 0 saturated carbocycles. The van der Waals surface area contributed by atoms with Crippen molar-refractivity contribution in [2.45, 2.75) is 25.4 Å².